The summed E-state index contributed by atoms with van der Waals surface area (Å²) < 4.78 is 31.1. The Hall–Kier alpha value is -2.32. The van der Waals surface area contributed by atoms with Gasteiger partial charge in [-0.25, -0.2) is 18.6 Å². The molecule has 5 nitrogen and oxygen atoms in total. The number of thiophene rings is 1. The number of hydrogen-bond acceptors (Lipinski definition) is 5. The van der Waals surface area contributed by atoms with Crippen molar-refractivity contribution < 1.29 is 18.3 Å². The third kappa shape index (κ3) is 4.17. The largest absolute Gasteiger partial charge is 0.459 e. The second-order valence-corrected chi connectivity index (χ2v) is 7.45. The number of nitrogens with one attached hydrogen (secondary N) is 1. The maximum absolute atomic E-state index is 12.7. The van der Waals surface area contributed by atoms with Crippen LogP contribution < -0.4 is 0 Å². The minimum Gasteiger partial charge on any atom is -0.459 e. The molecular formula is C19H19F2N3O2S. The van der Waals surface area contributed by atoms with Gasteiger partial charge in [-0.3, -0.25) is 4.90 Å². The van der Waals surface area contributed by atoms with Crippen LogP contribution in [0.15, 0.2) is 35.0 Å². The van der Waals surface area contributed by atoms with Crippen LogP contribution in [0.2, 0.25) is 0 Å². The highest BCUT2D eigenvalue weighted by molar-refractivity contribution is 7.07. The molecule has 0 unspecified atom stereocenters. The summed E-state index contributed by atoms with van der Waals surface area (Å²) in [6.07, 6.45) is -1.22. The number of aromatic nitrogens is 2. The van der Waals surface area contributed by atoms with Crippen molar-refractivity contribution in [3.8, 4) is 0 Å². The van der Waals surface area contributed by atoms with Gasteiger partial charge in [-0.2, -0.15) is 11.3 Å². The van der Waals surface area contributed by atoms with E-state index in [1.54, 1.807) is 23.5 Å². The van der Waals surface area contributed by atoms with Crippen LogP contribution in [0.5, 0.6) is 0 Å². The van der Waals surface area contributed by atoms with Gasteiger partial charge < -0.3 is 9.72 Å². The van der Waals surface area contributed by atoms with Crippen molar-refractivity contribution in [2.75, 3.05) is 13.1 Å². The average Bonchev–Trinajstić information content (AvgIpc) is 3.32. The fourth-order valence-corrected chi connectivity index (χ4v) is 3.96. The number of benzene rings is 1. The quantitative estimate of drug-likeness (QED) is 0.656. The first-order chi connectivity index (χ1) is 13.1. The lowest BCUT2D eigenvalue weighted by Crippen LogP contribution is -2.37. The molecule has 0 spiro atoms. The first kappa shape index (κ1) is 18.1. The molecular weight excluding hydrogens is 372 g/mol. The third-order valence-electron chi connectivity index (χ3n) is 4.74. The molecule has 142 valence electrons. The van der Waals surface area contributed by atoms with Crippen molar-refractivity contribution in [3.63, 3.8) is 0 Å². The Morgan fingerprint density at radius 2 is 2.15 bits per heavy atom. The molecule has 1 fully saturated rings. The minimum atomic E-state index is -2.67. The van der Waals surface area contributed by atoms with Gasteiger partial charge in [0.15, 0.2) is 5.82 Å². The summed E-state index contributed by atoms with van der Waals surface area (Å²) in [7, 11) is 0. The zero-order chi connectivity index (χ0) is 18.8. The third-order valence-corrected chi connectivity index (χ3v) is 5.47. The number of carbonyl (C=O) groups excluding carboxylic acids is 1. The predicted molar refractivity (Wildman–Crippen MR) is 99.1 cm³/mol. The van der Waals surface area contributed by atoms with Crippen LogP contribution in [-0.2, 0) is 11.3 Å². The summed E-state index contributed by atoms with van der Waals surface area (Å²) in [5.41, 5.74) is 2.47. The van der Waals surface area contributed by atoms with Gasteiger partial charge in [-0.1, -0.05) is 0 Å². The number of fused-ring (bicyclic) bond motifs is 1. The molecule has 3 heterocycles. The van der Waals surface area contributed by atoms with Crippen LogP contribution in [0.3, 0.4) is 0 Å². The molecule has 0 aliphatic carbocycles. The Labute approximate surface area is 159 Å². The van der Waals surface area contributed by atoms with Gasteiger partial charge in [0, 0.05) is 19.6 Å². The lowest BCUT2D eigenvalue weighted by molar-refractivity contribution is 0.0104. The molecule has 2 aromatic heterocycles. The number of nitrogens with zero attached hydrogens (tertiary/aromatic N) is 2. The van der Waals surface area contributed by atoms with Crippen LogP contribution in [0.4, 0.5) is 8.78 Å². The predicted octanol–water partition coefficient (Wildman–Crippen LogP) is 4.38. The topological polar surface area (TPSA) is 58.2 Å². The van der Waals surface area contributed by atoms with E-state index in [1.807, 2.05) is 0 Å². The fourth-order valence-electron chi connectivity index (χ4n) is 3.31. The second kappa shape index (κ2) is 7.74. The highest BCUT2D eigenvalue weighted by Gasteiger charge is 2.23. The van der Waals surface area contributed by atoms with Crippen molar-refractivity contribution in [3.05, 3.63) is 52.0 Å². The Bertz CT molecular complexity index is 918. The van der Waals surface area contributed by atoms with Crippen molar-refractivity contribution in [2.45, 2.75) is 31.9 Å². The van der Waals surface area contributed by atoms with Crippen molar-refractivity contribution in [1.29, 1.82) is 0 Å². The standard InChI is InChI=1S/C19H19F2N3O2S/c20-17(21)18-22-15-2-1-13(9-16(15)23-18)19(25)26-14-3-6-24(7-4-14)10-12-5-8-27-11-12/h1-2,5,8-9,11,14,17H,3-4,6-7,10H2,(H,22,23). The lowest BCUT2D eigenvalue weighted by Gasteiger charge is -2.31. The first-order valence-electron chi connectivity index (χ1n) is 8.81. The molecule has 1 aliphatic heterocycles. The molecule has 0 atom stereocenters. The summed E-state index contributed by atoms with van der Waals surface area (Å²) >= 11 is 1.69. The summed E-state index contributed by atoms with van der Waals surface area (Å²) in [6, 6.07) is 6.76. The summed E-state index contributed by atoms with van der Waals surface area (Å²) in [4.78, 5) is 21.1. The van der Waals surface area contributed by atoms with E-state index in [2.05, 4.69) is 31.7 Å². The van der Waals surface area contributed by atoms with Crippen LogP contribution in [-0.4, -0.2) is 40.0 Å². The van der Waals surface area contributed by atoms with Gasteiger partial charge in [-0.05, 0) is 53.4 Å². The number of aromatic amines is 1. The van der Waals surface area contributed by atoms with Gasteiger partial charge in [0.1, 0.15) is 6.10 Å². The molecule has 1 saturated heterocycles. The van der Waals surface area contributed by atoms with Crippen LogP contribution in [0.25, 0.3) is 11.0 Å². The van der Waals surface area contributed by atoms with E-state index in [9.17, 15) is 13.6 Å². The first-order valence-corrected chi connectivity index (χ1v) is 9.75. The van der Waals surface area contributed by atoms with Gasteiger partial charge in [0.2, 0.25) is 0 Å². The second-order valence-electron chi connectivity index (χ2n) is 6.67. The van der Waals surface area contributed by atoms with E-state index in [0.717, 1.165) is 32.5 Å². The van der Waals surface area contributed by atoms with E-state index in [1.165, 1.54) is 11.6 Å². The van der Waals surface area contributed by atoms with E-state index < -0.39 is 18.2 Å². The number of piperidine rings is 1. The Morgan fingerprint density at radius 3 is 2.85 bits per heavy atom. The maximum atomic E-state index is 12.7. The molecule has 0 amide bonds. The molecule has 0 bridgehead atoms. The van der Waals surface area contributed by atoms with E-state index >= 15 is 0 Å². The fraction of sp³-hybridized carbons (Fsp3) is 0.368. The molecule has 1 aromatic carbocycles. The Kier molecular flexibility index (Phi) is 5.18. The van der Waals surface area contributed by atoms with Gasteiger partial charge in [0.05, 0.1) is 16.6 Å². The molecule has 8 heteroatoms. The number of hydrogen-bond donors (Lipinski definition) is 1. The Morgan fingerprint density at radius 1 is 1.33 bits per heavy atom. The number of carbonyl (C=O) groups is 1. The number of esters is 1. The van der Waals surface area contributed by atoms with Gasteiger partial charge in [-0.15, -0.1) is 0 Å². The lowest BCUT2D eigenvalue weighted by atomic mass is 10.1. The van der Waals surface area contributed by atoms with E-state index in [0.29, 0.717) is 16.6 Å². The van der Waals surface area contributed by atoms with E-state index in [4.69, 9.17) is 4.74 Å². The van der Waals surface area contributed by atoms with Crippen molar-refractivity contribution >= 4 is 28.3 Å². The van der Waals surface area contributed by atoms with Gasteiger partial charge in [0.25, 0.3) is 6.43 Å². The summed E-state index contributed by atoms with van der Waals surface area (Å²) in [6.45, 7) is 2.68. The highest BCUT2D eigenvalue weighted by atomic mass is 32.1. The van der Waals surface area contributed by atoms with Crippen molar-refractivity contribution in [2.24, 2.45) is 0 Å². The number of H-pyrrole nitrogens is 1. The average molecular weight is 391 g/mol. The van der Waals surface area contributed by atoms with Gasteiger partial charge >= 0.3 is 5.97 Å². The number of likely N-dealkylation sites (tertiary alicyclic amines) is 1. The number of imidazole rings is 1. The molecule has 27 heavy (non-hydrogen) atoms. The van der Waals surface area contributed by atoms with Crippen LogP contribution >= 0.6 is 11.3 Å². The summed E-state index contributed by atoms with van der Waals surface area (Å²) in [5, 5.41) is 4.22. The molecule has 1 aliphatic rings. The normalized spacial score (nSPS) is 16.3. The van der Waals surface area contributed by atoms with Crippen molar-refractivity contribution in [1.82, 2.24) is 14.9 Å². The molecule has 4 rings (SSSR count). The minimum absolute atomic E-state index is 0.120. The number of ether oxygens (including phenoxy) is 1. The van der Waals surface area contributed by atoms with Crippen LogP contribution in [0, 0.1) is 0 Å². The van der Waals surface area contributed by atoms with E-state index in [-0.39, 0.29) is 6.10 Å². The smallest absolute Gasteiger partial charge is 0.338 e. The SMILES string of the molecule is O=C(OC1CCN(Cc2ccsc2)CC1)c1ccc2nc(C(F)F)[nH]c2c1. The zero-order valence-electron chi connectivity index (χ0n) is 14.5. The Balaban J connectivity index is 1.34. The highest BCUT2D eigenvalue weighted by Crippen LogP contribution is 2.22. The molecule has 0 saturated carbocycles. The zero-order valence-corrected chi connectivity index (χ0v) is 15.3. The number of halogens is 2. The number of rotatable bonds is 5. The summed E-state index contributed by atoms with van der Waals surface area (Å²) in [5.74, 6) is -0.824. The molecule has 1 N–H and O–H groups in total. The van der Waals surface area contributed by atoms with Crippen LogP contribution in [0.1, 0.15) is 41.0 Å². The molecule has 3 aromatic rings. The monoisotopic (exact) mass is 391 g/mol. The number of alkyl halides is 2. The molecule has 0 radical (unpaired) electrons. The maximum Gasteiger partial charge on any atom is 0.338 e.